The smallest absolute Gasteiger partial charge is 0.274 e. The van der Waals surface area contributed by atoms with Gasteiger partial charge in [-0.2, -0.15) is 0 Å². The summed E-state index contributed by atoms with van der Waals surface area (Å²) in [6, 6.07) is 17.0. The van der Waals surface area contributed by atoms with Crippen molar-refractivity contribution in [3.63, 3.8) is 0 Å². The average molecular weight is 539 g/mol. The molecule has 1 fully saturated rings. The van der Waals surface area contributed by atoms with Gasteiger partial charge in [-0.1, -0.05) is 84.8 Å². The molecule has 10 heteroatoms. The lowest BCUT2D eigenvalue weighted by molar-refractivity contribution is -0.384. The van der Waals surface area contributed by atoms with Crippen molar-refractivity contribution in [1.82, 2.24) is 14.1 Å². The standard InChI is InChI=1S/C26H26N4O3S3/c31-24-22-23(28(26(34)36-22)15-14-18-8-3-1-4-9-18)27-25(29(24)20-11-5-2-6-12-20)35-17-19-10-7-13-21(16-19)30(32)33/h1,3-4,7-10,13,16,20H,2,5-6,11-12,14-15,17H2. The summed E-state index contributed by atoms with van der Waals surface area (Å²) in [7, 11) is 0. The molecule has 0 saturated heterocycles. The van der Waals surface area contributed by atoms with Crippen LogP contribution in [-0.2, 0) is 18.7 Å². The van der Waals surface area contributed by atoms with Gasteiger partial charge in [-0.05, 0) is 42.6 Å². The number of nitrogens with zero attached hydrogens (tertiary/aromatic N) is 4. The molecule has 0 unspecified atom stereocenters. The number of non-ortho nitro benzene ring substituents is 1. The van der Waals surface area contributed by atoms with Gasteiger partial charge in [0, 0.05) is 30.5 Å². The minimum absolute atomic E-state index is 0.0250. The van der Waals surface area contributed by atoms with Gasteiger partial charge in [-0.15, -0.1) is 0 Å². The third-order valence-electron chi connectivity index (χ3n) is 6.59. The number of rotatable bonds is 8. The fourth-order valence-corrected chi connectivity index (χ4v) is 7.06. The number of nitro groups is 1. The van der Waals surface area contributed by atoms with Gasteiger partial charge in [0.2, 0.25) is 0 Å². The van der Waals surface area contributed by atoms with Crippen LogP contribution in [0.15, 0.2) is 64.5 Å². The number of aromatic nitrogens is 3. The van der Waals surface area contributed by atoms with E-state index in [2.05, 4.69) is 12.1 Å². The summed E-state index contributed by atoms with van der Waals surface area (Å²) in [5.74, 6) is 0.487. The van der Waals surface area contributed by atoms with Gasteiger partial charge in [0.15, 0.2) is 14.8 Å². The SMILES string of the molecule is O=c1c2sc(=S)n(CCc3ccccc3)c2nc(SCc2cccc([N+](=O)[O-])c2)n1C1CCCCC1. The van der Waals surface area contributed by atoms with Crippen LogP contribution in [0.1, 0.15) is 49.3 Å². The topological polar surface area (TPSA) is 83.0 Å². The Labute approximate surface area is 222 Å². The van der Waals surface area contributed by atoms with Crippen LogP contribution in [0.3, 0.4) is 0 Å². The third-order valence-corrected chi connectivity index (χ3v) is 9.04. The molecule has 4 aromatic rings. The van der Waals surface area contributed by atoms with E-state index < -0.39 is 0 Å². The molecule has 0 amide bonds. The average Bonchev–Trinajstić information content (AvgIpc) is 3.22. The zero-order valence-electron chi connectivity index (χ0n) is 19.7. The van der Waals surface area contributed by atoms with E-state index in [1.807, 2.05) is 33.4 Å². The highest BCUT2D eigenvalue weighted by Crippen LogP contribution is 2.33. The maximum Gasteiger partial charge on any atom is 0.274 e. The van der Waals surface area contributed by atoms with Crippen LogP contribution in [0.5, 0.6) is 0 Å². The largest absolute Gasteiger partial charge is 0.307 e. The molecular formula is C26H26N4O3S3. The van der Waals surface area contributed by atoms with Gasteiger partial charge < -0.3 is 4.57 Å². The van der Waals surface area contributed by atoms with Gasteiger partial charge in [0.05, 0.1) is 4.92 Å². The zero-order valence-corrected chi connectivity index (χ0v) is 22.1. The Balaban J connectivity index is 1.53. The maximum atomic E-state index is 13.8. The second-order valence-electron chi connectivity index (χ2n) is 8.98. The van der Waals surface area contributed by atoms with Gasteiger partial charge in [-0.3, -0.25) is 19.5 Å². The van der Waals surface area contributed by atoms with E-state index in [4.69, 9.17) is 17.2 Å². The lowest BCUT2D eigenvalue weighted by Crippen LogP contribution is -2.28. The van der Waals surface area contributed by atoms with Crippen molar-refractivity contribution in [1.29, 1.82) is 0 Å². The van der Waals surface area contributed by atoms with Crippen LogP contribution >= 0.6 is 35.3 Å². The summed E-state index contributed by atoms with van der Waals surface area (Å²) < 4.78 is 5.11. The lowest BCUT2D eigenvalue weighted by Gasteiger charge is -2.25. The number of hydrogen-bond donors (Lipinski definition) is 0. The van der Waals surface area contributed by atoms with Gasteiger partial charge >= 0.3 is 0 Å². The number of thioether (sulfide) groups is 1. The Hall–Kier alpha value is -2.82. The molecule has 186 valence electrons. The molecule has 7 nitrogen and oxygen atoms in total. The molecule has 5 rings (SSSR count). The van der Waals surface area contributed by atoms with Crippen molar-refractivity contribution >= 4 is 51.4 Å². The molecule has 0 aliphatic heterocycles. The molecule has 2 aromatic heterocycles. The van der Waals surface area contributed by atoms with Gasteiger partial charge in [-0.25, -0.2) is 4.98 Å². The predicted molar refractivity (Wildman–Crippen MR) is 148 cm³/mol. The molecule has 0 spiro atoms. The van der Waals surface area contributed by atoms with E-state index >= 15 is 0 Å². The van der Waals surface area contributed by atoms with Crippen molar-refractivity contribution in [2.75, 3.05) is 0 Å². The number of fused-ring (bicyclic) bond motifs is 1. The molecule has 2 aromatic carbocycles. The van der Waals surface area contributed by atoms with Crippen LogP contribution in [0, 0.1) is 14.1 Å². The van der Waals surface area contributed by atoms with Crippen LogP contribution < -0.4 is 5.56 Å². The zero-order chi connectivity index (χ0) is 25.1. The second-order valence-corrected chi connectivity index (χ2v) is 11.6. The van der Waals surface area contributed by atoms with E-state index in [0.29, 0.717) is 31.8 Å². The molecule has 1 saturated carbocycles. The van der Waals surface area contributed by atoms with E-state index in [1.165, 1.54) is 41.1 Å². The lowest BCUT2D eigenvalue weighted by atomic mass is 9.95. The predicted octanol–water partition coefficient (Wildman–Crippen LogP) is 6.94. The van der Waals surface area contributed by atoms with Crippen molar-refractivity contribution < 1.29 is 4.92 Å². The highest BCUT2D eigenvalue weighted by molar-refractivity contribution is 7.98. The van der Waals surface area contributed by atoms with Crippen LogP contribution in [0.25, 0.3) is 10.3 Å². The van der Waals surface area contributed by atoms with Gasteiger partial charge in [0.25, 0.3) is 11.2 Å². The molecular weight excluding hydrogens is 513 g/mol. The minimum Gasteiger partial charge on any atom is -0.307 e. The normalized spacial score (nSPS) is 14.3. The summed E-state index contributed by atoms with van der Waals surface area (Å²) in [5, 5.41) is 11.9. The molecule has 1 aliphatic carbocycles. The molecule has 2 heterocycles. The first-order valence-corrected chi connectivity index (χ1v) is 14.3. The van der Waals surface area contributed by atoms with E-state index in [-0.39, 0.29) is 22.2 Å². The molecule has 1 aliphatic rings. The minimum atomic E-state index is -0.386. The van der Waals surface area contributed by atoms with Crippen molar-refractivity contribution in [2.45, 2.75) is 62.0 Å². The van der Waals surface area contributed by atoms with E-state index in [1.54, 1.807) is 12.1 Å². The van der Waals surface area contributed by atoms with E-state index in [0.717, 1.165) is 37.7 Å². The fraction of sp³-hybridized carbons (Fsp3) is 0.346. The molecule has 0 atom stereocenters. The molecule has 0 bridgehead atoms. The Bertz CT molecular complexity index is 1500. The fourth-order valence-electron chi connectivity index (χ4n) is 4.74. The van der Waals surface area contributed by atoms with E-state index in [9.17, 15) is 14.9 Å². The summed E-state index contributed by atoms with van der Waals surface area (Å²) >= 11 is 8.48. The van der Waals surface area contributed by atoms with Crippen molar-refractivity contribution in [3.05, 3.63) is 90.1 Å². The van der Waals surface area contributed by atoms with Crippen molar-refractivity contribution in [2.24, 2.45) is 0 Å². The molecule has 0 N–H and O–H groups in total. The Morgan fingerprint density at radius 1 is 1.08 bits per heavy atom. The van der Waals surface area contributed by atoms with Gasteiger partial charge in [0.1, 0.15) is 4.70 Å². The Morgan fingerprint density at radius 3 is 2.58 bits per heavy atom. The first-order valence-electron chi connectivity index (χ1n) is 12.1. The Kier molecular flexibility index (Phi) is 7.64. The molecule has 36 heavy (non-hydrogen) atoms. The first kappa shape index (κ1) is 24.9. The third kappa shape index (κ3) is 5.30. The van der Waals surface area contributed by atoms with Crippen LogP contribution in [-0.4, -0.2) is 19.0 Å². The quantitative estimate of drug-likeness (QED) is 0.0795. The summed E-state index contributed by atoms with van der Waals surface area (Å²) in [6.45, 7) is 0.651. The highest BCUT2D eigenvalue weighted by Gasteiger charge is 2.24. The number of aryl methyl sites for hydroxylation is 2. The monoisotopic (exact) mass is 538 g/mol. The summed E-state index contributed by atoms with van der Waals surface area (Å²) in [6.07, 6.45) is 6.08. The molecule has 0 radical (unpaired) electrons. The van der Waals surface area contributed by atoms with Crippen LogP contribution in [0.2, 0.25) is 0 Å². The maximum absolute atomic E-state index is 13.8. The number of nitro benzene ring substituents is 1. The number of benzene rings is 2. The second kappa shape index (κ2) is 11.1. The Morgan fingerprint density at radius 2 is 1.83 bits per heavy atom. The summed E-state index contributed by atoms with van der Waals surface area (Å²) in [4.78, 5) is 29.7. The number of hydrogen-bond acceptors (Lipinski definition) is 7. The van der Waals surface area contributed by atoms with Crippen LogP contribution in [0.4, 0.5) is 5.69 Å². The van der Waals surface area contributed by atoms with Crippen molar-refractivity contribution in [3.8, 4) is 0 Å². The summed E-state index contributed by atoms with van der Waals surface area (Å²) in [5.41, 5.74) is 2.70. The first-order chi connectivity index (χ1) is 17.5. The highest BCUT2D eigenvalue weighted by atomic mass is 32.2. The number of thiazole rings is 1.